The number of hydrogen-bond acceptors (Lipinski definition) is 6. The maximum atomic E-state index is 12.6. The molecule has 7 nitrogen and oxygen atoms in total. The Morgan fingerprint density at radius 1 is 1.13 bits per heavy atom. The summed E-state index contributed by atoms with van der Waals surface area (Å²) < 4.78 is 2.45. The van der Waals surface area contributed by atoms with E-state index in [1.165, 1.54) is 40.5 Å². The molecule has 0 radical (unpaired) electrons. The molecule has 8 heteroatoms. The number of para-hydroxylation sites is 1. The van der Waals surface area contributed by atoms with Crippen molar-refractivity contribution in [3.63, 3.8) is 0 Å². The summed E-state index contributed by atoms with van der Waals surface area (Å²) in [5.74, 6) is -0.503. The molecule has 0 aliphatic rings. The first-order valence-electron chi connectivity index (χ1n) is 6.71. The average Bonchev–Trinajstić information content (AvgIpc) is 2.97. The normalized spacial score (nSPS) is 11.0. The Bertz CT molecular complexity index is 1090. The van der Waals surface area contributed by atoms with Crippen molar-refractivity contribution in [2.24, 2.45) is 0 Å². The second kappa shape index (κ2) is 5.25. The van der Waals surface area contributed by atoms with Crippen LogP contribution in [0.15, 0.2) is 53.8 Å². The first-order chi connectivity index (χ1) is 11.2. The van der Waals surface area contributed by atoms with Crippen molar-refractivity contribution in [2.75, 3.05) is 5.32 Å². The number of fused-ring (bicyclic) bond motifs is 3. The standard InChI is InChI=1S/C15H9N5O2S/c21-13(9-7-16-5-6-17-9)19-10-8-18-15-20(14(10)22)11-3-1-2-4-12(11)23-15/h1-8H,(H,19,21). The van der Waals surface area contributed by atoms with Gasteiger partial charge in [0.1, 0.15) is 11.4 Å². The minimum Gasteiger partial charge on any atom is -0.315 e. The lowest BCUT2D eigenvalue weighted by Crippen LogP contribution is -2.23. The largest absolute Gasteiger partial charge is 0.315 e. The molecule has 1 amide bonds. The van der Waals surface area contributed by atoms with Gasteiger partial charge < -0.3 is 5.32 Å². The average molecular weight is 323 g/mol. The second-order valence-electron chi connectivity index (χ2n) is 4.71. The highest BCUT2D eigenvalue weighted by Crippen LogP contribution is 2.23. The van der Waals surface area contributed by atoms with E-state index in [0.29, 0.717) is 4.96 Å². The van der Waals surface area contributed by atoms with E-state index in [2.05, 4.69) is 20.3 Å². The molecule has 0 bridgehead atoms. The van der Waals surface area contributed by atoms with Crippen LogP contribution in [0.3, 0.4) is 0 Å². The summed E-state index contributed by atoms with van der Waals surface area (Å²) in [5.41, 5.74) is 0.666. The fourth-order valence-corrected chi connectivity index (χ4v) is 3.22. The molecule has 0 atom stereocenters. The predicted molar refractivity (Wildman–Crippen MR) is 86.8 cm³/mol. The van der Waals surface area contributed by atoms with Crippen LogP contribution < -0.4 is 10.9 Å². The van der Waals surface area contributed by atoms with Crippen LogP contribution in [0.1, 0.15) is 10.5 Å². The Morgan fingerprint density at radius 2 is 2.00 bits per heavy atom. The Balaban J connectivity index is 1.82. The fraction of sp³-hybridized carbons (Fsp3) is 0. The highest BCUT2D eigenvalue weighted by atomic mass is 32.1. The Kier molecular flexibility index (Phi) is 3.09. The molecule has 0 spiro atoms. The number of aromatic nitrogens is 4. The summed E-state index contributed by atoms with van der Waals surface area (Å²) in [6.45, 7) is 0. The first kappa shape index (κ1) is 13.5. The Hall–Kier alpha value is -3.13. The Morgan fingerprint density at radius 3 is 2.83 bits per heavy atom. The summed E-state index contributed by atoms with van der Waals surface area (Å²) in [7, 11) is 0. The van der Waals surface area contributed by atoms with Gasteiger partial charge in [0, 0.05) is 12.4 Å². The molecular formula is C15H9N5O2S. The molecule has 4 aromatic rings. The molecular weight excluding hydrogens is 314 g/mol. The van der Waals surface area contributed by atoms with Crippen molar-refractivity contribution >= 4 is 38.1 Å². The molecule has 0 saturated heterocycles. The molecule has 112 valence electrons. The van der Waals surface area contributed by atoms with Crippen molar-refractivity contribution in [1.82, 2.24) is 19.4 Å². The van der Waals surface area contributed by atoms with E-state index < -0.39 is 5.91 Å². The molecule has 3 heterocycles. The van der Waals surface area contributed by atoms with E-state index in [4.69, 9.17) is 0 Å². The summed E-state index contributed by atoms with van der Waals surface area (Å²) in [5, 5.41) is 2.54. The van der Waals surface area contributed by atoms with E-state index in [1.807, 2.05) is 24.3 Å². The third kappa shape index (κ3) is 2.25. The van der Waals surface area contributed by atoms with Crippen LogP contribution >= 0.6 is 11.3 Å². The molecule has 0 fully saturated rings. The molecule has 0 unspecified atom stereocenters. The zero-order valence-electron chi connectivity index (χ0n) is 11.6. The van der Waals surface area contributed by atoms with Gasteiger partial charge in [-0.05, 0) is 12.1 Å². The van der Waals surface area contributed by atoms with Crippen LogP contribution in [0.25, 0.3) is 15.2 Å². The number of amides is 1. The highest BCUT2D eigenvalue weighted by Gasteiger charge is 2.14. The third-order valence-electron chi connectivity index (χ3n) is 3.28. The fourth-order valence-electron chi connectivity index (χ4n) is 2.24. The molecule has 23 heavy (non-hydrogen) atoms. The molecule has 1 aromatic carbocycles. The van der Waals surface area contributed by atoms with Gasteiger partial charge in [0.05, 0.1) is 22.6 Å². The lowest BCUT2D eigenvalue weighted by Gasteiger charge is -2.03. The van der Waals surface area contributed by atoms with Crippen LogP contribution in [0, 0.1) is 0 Å². The van der Waals surface area contributed by atoms with E-state index in [-0.39, 0.29) is 16.9 Å². The monoisotopic (exact) mass is 323 g/mol. The summed E-state index contributed by atoms with van der Waals surface area (Å²) >= 11 is 1.42. The van der Waals surface area contributed by atoms with Gasteiger partial charge in [0.2, 0.25) is 0 Å². The molecule has 0 saturated carbocycles. The van der Waals surface area contributed by atoms with Crippen molar-refractivity contribution in [3.05, 3.63) is 65.1 Å². The molecule has 3 aromatic heterocycles. The highest BCUT2D eigenvalue weighted by molar-refractivity contribution is 7.23. The first-order valence-corrected chi connectivity index (χ1v) is 7.52. The number of carbonyl (C=O) groups excluding carboxylic acids is 1. The van der Waals surface area contributed by atoms with Crippen molar-refractivity contribution < 1.29 is 4.79 Å². The van der Waals surface area contributed by atoms with Gasteiger partial charge in [-0.15, -0.1) is 0 Å². The number of nitrogens with zero attached hydrogens (tertiary/aromatic N) is 4. The SMILES string of the molecule is O=C(Nc1cnc2sc3ccccc3n2c1=O)c1cnccn1. The number of carbonyl (C=O) groups is 1. The topological polar surface area (TPSA) is 89.3 Å². The van der Waals surface area contributed by atoms with Crippen LogP contribution in [0.2, 0.25) is 0 Å². The number of thiazole rings is 1. The van der Waals surface area contributed by atoms with E-state index >= 15 is 0 Å². The maximum absolute atomic E-state index is 12.6. The minimum absolute atomic E-state index is 0.0988. The Labute approximate surface area is 133 Å². The number of nitrogens with one attached hydrogen (secondary N) is 1. The number of benzene rings is 1. The van der Waals surface area contributed by atoms with Gasteiger partial charge in [-0.2, -0.15) is 0 Å². The maximum Gasteiger partial charge on any atom is 0.282 e. The van der Waals surface area contributed by atoms with Crippen molar-refractivity contribution in [2.45, 2.75) is 0 Å². The zero-order valence-corrected chi connectivity index (χ0v) is 12.4. The van der Waals surface area contributed by atoms with E-state index in [9.17, 15) is 9.59 Å². The van der Waals surface area contributed by atoms with Gasteiger partial charge in [-0.3, -0.25) is 14.6 Å². The summed E-state index contributed by atoms with van der Waals surface area (Å²) in [6, 6.07) is 7.52. The predicted octanol–water partition coefficient (Wildman–Crippen LogP) is 1.95. The van der Waals surface area contributed by atoms with Crippen LogP contribution in [0.5, 0.6) is 0 Å². The minimum atomic E-state index is -0.503. The molecule has 1 N–H and O–H groups in total. The van der Waals surface area contributed by atoms with E-state index in [0.717, 1.165) is 10.2 Å². The molecule has 0 aliphatic carbocycles. The van der Waals surface area contributed by atoms with Crippen molar-refractivity contribution in [3.8, 4) is 0 Å². The molecule has 4 rings (SSSR count). The number of hydrogen-bond donors (Lipinski definition) is 1. The smallest absolute Gasteiger partial charge is 0.282 e. The van der Waals surface area contributed by atoms with E-state index in [1.54, 1.807) is 0 Å². The third-order valence-corrected chi connectivity index (χ3v) is 4.32. The quantitative estimate of drug-likeness (QED) is 0.609. The summed E-state index contributed by atoms with van der Waals surface area (Å²) in [4.78, 5) is 37.3. The lowest BCUT2D eigenvalue weighted by atomic mass is 10.3. The van der Waals surface area contributed by atoms with Crippen LogP contribution in [-0.2, 0) is 0 Å². The van der Waals surface area contributed by atoms with Crippen LogP contribution in [-0.4, -0.2) is 25.3 Å². The van der Waals surface area contributed by atoms with Gasteiger partial charge >= 0.3 is 0 Å². The van der Waals surface area contributed by atoms with Crippen LogP contribution in [0.4, 0.5) is 5.69 Å². The van der Waals surface area contributed by atoms with Gasteiger partial charge in [-0.1, -0.05) is 23.5 Å². The summed E-state index contributed by atoms with van der Waals surface area (Å²) in [6.07, 6.45) is 5.58. The second-order valence-corrected chi connectivity index (χ2v) is 5.72. The zero-order chi connectivity index (χ0) is 15.8. The van der Waals surface area contributed by atoms with Gasteiger partial charge in [0.15, 0.2) is 4.96 Å². The number of rotatable bonds is 2. The van der Waals surface area contributed by atoms with Crippen molar-refractivity contribution in [1.29, 1.82) is 0 Å². The van der Waals surface area contributed by atoms with Gasteiger partial charge in [-0.25, -0.2) is 14.4 Å². The lowest BCUT2D eigenvalue weighted by molar-refractivity contribution is 0.102. The molecule has 0 aliphatic heterocycles. The number of anilines is 1. The van der Waals surface area contributed by atoms with Gasteiger partial charge in [0.25, 0.3) is 11.5 Å².